The largest absolute Gasteiger partial charge is 0.493 e. The number of methoxy groups -OCH3 is 3. The van der Waals surface area contributed by atoms with Crippen LogP contribution in [0.4, 0.5) is 0 Å². The van der Waals surface area contributed by atoms with Gasteiger partial charge in [0.1, 0.15) is 5.75 Å². The van der Waals surface area contributed by atoms with Crippen molar-refractivity contribution in [1.82, 2.24) is 9.80 Å². The van der Waals surface area contributed by atoms with Gasteiger partial charge in [0.05, 0.1) is 21.3 Å². The Kier molecular flexibility index (Phi) is 8.00. The number of hydrogen-bond donors (Lipinski definition) is 0. The van der Waals surface area contributed by atoms with E-state index in [1.165, 1.54) is 0 Å². The van der Waals surface area contributed by atoms with E-state index in [4.69, 9.17) is 18.9 Å². The first-order valence-electron chi connectivity index (χ1n) is 10.6. The summed E-state index contributed by atoms with van der Waals surface area (Å²) in [5.41, 5.74) is 2.14. The SMILES string of the molecule is CCc1ccccc1OCC(=O)N1CCN(Cc2ccc(OC)c(OC)c2OC)CC1. The van der Waals surface area contributed by atoms with Crippen molar-refractivity contribution >= 4 is 5.91 Å². The highest BCUT2D eigenvalue weighted by molar-refractivity contribution is 5.78. The van der Waals surface area contributed by atoms with Gasteiger partial charge in [-0.1, -0.05) is 31.2 Å². The van der Waals surface area contributed by atoms with Crippen LogP contribution >= 0.6 is 0 Å². The molecule has 0 bridgehead atoms. The molecule has 0 spiro atoms. The second-order valence-electron chi connectivity index (χ2n) is 7.40. The van der Waals surface area contributed by atoms with Crippen LogP contribution in [-0.2, 0) is 17.8 Å². The summed E-state index contributed by atoms with van der Waals surface area (Å²) in [4.78, 5) is 16.8. The van der Waals surface area contributed by atoms with Crippen LogP contribution in [0.5, 0.6) is 23.0 Å². The Morgan fingerprint density at radius 2 is 1.55 bits per heavy atom. The van der Waals surface area contributed by atoms with Crippen molar-refractivity contribution < 1.29 is 23.7 Å². The summed E-state index contributed by atoms with van der Waals surface area (Å²) in [6.45, 7) is 5.78. The Bertz CT molecular complexity index is 878. The summed E-state index contributed by atoms with van der Waals surface area (Å²) < 4.78 is 22.2. The average Bonchev–Trinajstić information content (AvgIpc) is 2.82. The normalized spacial score (nSPS) is 14.3. The summed E-state index contributed by atoms with van der Waals surface area (Å²) in [6, 6.07) is 11.8. The smallest absolute Gasteiger partial charge is 0.260 e. The van der Waals surface area contributed by atoms with Crippen LogP contribution < -0.4 is 18.9 Å². The van der Waals surface area contributed by atoms with Gasteiger partial charge in [-0.25, -0.2) is 0 Å². The molecule has 1 amide bonds. The Balaban J connectivity index is 1.54. The minimum Gasteiger partial charge on any atom is -0.493 e. The molecule has 168 valence electrons. The molecule has 0 aromatic heterocycles. The van der Waals surface area contributed by atoms with Gasteiger partial charge in [-0.3, -0.25) is 9.69 Å². The third-order valence-electron chi connectivity index (χ3n) is 5.61. The van der Waals surface area contributed by atoms with E-state index >= 15 is 0 Å². The lowest BCUT2D eigenvalue weighted by Crippen LogP contribution is -2.49. The standard InChI is InChI=1S/C24H32N2O5/c1-5-18-8-6-7-9-20(18)31-17-22(27)26-14-12-25(13-15-26)16-19-10-11-21(28-2)24(30-4)23(19)29-3/h6-11H,5,12-17H2,1-4H3. The van der Waals surface area contributed by atoms with Gasteiger partial charge in [0.2, 0.25) is 5.75 Å². The second kappa shape index (κ2) is 10.9. The van der Waals surface area contributed by atoms with Gasteiger partial charge in [0, 0.05) is 38.3 Å². The minimum atomic E-state index is 0.0225. The van der Waals surface area contributed by atoms with E-state index in [9.17, 15) is 4.79 Å². The molecule has 2 aromatic carbocycles. The van der Waals surface area contributed by atoms with Crippen LogP contribution in [0.3, 0.4) is 0 Å². The Morgan fingerprint density at radius 3 is 2.19 bits per heavy atom. The first-order valence-corrected chi connectivity index (χ1v) is 10.6. The third-order valence-corrected chi connectivity index (χ3v) is 5.61. The monoisotopic (exact) mass is 428 g/mol. The Morgan fingerprint density at radius 1 is 0.839 bits per heavy atom. The quantitative estimate of drug-likeness (QED) is 0.612. The minimum absolute atomic E-state index is 0.0225. The summed E-state index contributed by atoms with van der Waals surface area (Å²) in [5.74, 6) is 2.74. The number of para-hydroxylation sites is 1. The molecule has 1 saturated heterocycles. The molecule has 7 nitrogen and oxygen atoms in total. The number of hydrogen-bond acceptors (Lipinski definition) is 6. The van der Waals surface area contributed by atoms with E-state index in [1.807, 2.05) is 41.3 Å². The molecule has 31 heavy (non-hydrogen) atoms. The molecule has 0 aliphatic carbocycles. The van der Waals surface area contributed by atoms with Crippen molar-refractivity contribution in [1.29, 1.82) is 0 Å². The van der Waals surface area contributed by atoms with Crippen molar-refractivity contribution in [2.45, 2.75) is 19.9 Å². The average molecular weight is 429 g/mol. The van der Waals surface area contributed by atoms with Crippen LogP contribution in [0, 0.1) is 0 Å². The summed E-state index contributed by atoms with van der Waals surface area (Å²) in [7, 11) is 4.85. The molecule has 0 unspecified atom stereocenters. The van der Waals surface area contributed by atoms with Gasteiger partial charge in [0.15, 0.2) is 18.1 Å². The number of amides is 1. The van der Waals surface area contributed by atoms with Crippen molar-refractivity contribution in [2.24, 2.45) is 0 Å². The zero-order valence-electron chi connectivity index (χ0n) is 18.8. The van der Waals surface area contributed by atoms with Gasteiger partial charge in [-0.15, -0.1) is 0 Å². The van der Waals surface area contributed by atoms with Crippen molar-refractivity contribution in [3.8, 4) is 23.0 Å². The van der Waals surface area contributed by atoms with Crippen molar-refractivity contribution in [3.63, 3.8) is 0 Å². The molecule has 0 N–H and O–H groups in total. The second-order valence-corrected chi connectivity index (χ2v) is 7.40. The maximum absolute atomic E-state index is 12.6. The van der Waals surface area contributed by atoms with E-state index in [0.29, 0.717) is 36.9 Å². The van der Waals surface area contributed by atoms with Gasteiger partial charge >= 0.3 is 0 Å². The molecule has 1 fully saturated rings. The maximum atomic E-state index is 12.6. The van der Waals surface area contributed by atoms with Crippen LogP contribution in [0.25, 0.3) is 0 Å². The zero-order valence-corrected chi connectivity index (χ0v) is 18.8. The zero-order chi connectivity index (χ0) is 22.2. The number of carbonyl (C=O) groups excluding carboxylic acids is 1. The molecule has 1 aliphatic rings. The molecule has 0 atom stereocenters. The van der Waals surface area contributed by atoms with Crippen molar-refractivity contribution in [2.75, 3.05) is 54.1 Å². The molecular formula is C24H32N2O5. The topological polar surface area (TPSA) is 60.5 Å². The number of aryl methyl sites for hydroxylation is 1. The van der Waals surface area contributed by atoms with Crippen molar-refractivity contribution in [3.05, 3.63) is 47.5 Å². The molecule has 2 aromatic rings. The summed E-state index contributed by atoms with van der Waals surface area (Å²) in [5, 5.41) is 0. The highest BCUT2D eigenvalue weighted by atomic mass is 16.5. The number of rotatable bonds is 9. The van der Waals surface area contributed by atoms with E-state index in [-0.39, 0.29) is 12.5 Å². The highest BCUT2D eigenvalue weighted by Crippen LogP contribution is 2.40. The molecule has 0 saturated carbocycles. The number of nitrogens with zero attached hydrogens (tertiary/aromatic N) is 2. The van der Waals surface area contributed by atoms with Crippen LogP contribution in [0.1, 0.15) is 18.1 Å². The lowest BCUT2D eigenvalue weighted by Gasteiger charge is -2.35. The number of carbonyl (C=O) groups is 1. The predicted molar refractivity (Wildman–Crippen MR) is 119 cm³/mol. The van der Waals surface area contributed by atoms with Crippen LogP contribution in [-0.4, -0.2) is 69.8 Å². The molecule has 3 rings (SSSR count). The lowest BCUT2D eigenvalue weighted by molar-refractivity contribution is -0.135. The van der Waals surface area contributed by atoms with E-state index in [2.05, 4.69) is 11.8 Å². The van der Waals surface area contributed by atoms with E-state index in [0.717, 1.165) is 36.4 Å². The predicted octanol–water partition coefficient (Wildman–Crippen LogP) is 3.00. The Hall–Kier alpha value is -2.93. The fourth-order valence-corrected chi connectivity index (χ4v) is 3.85. The molecule has 7 heteroatoms. The van der Waals surface area contributed by atoms with Gasteiger partial charge in [0.25, 0.3) is 5.91 Å². The molecular weight excluding hydrogens is 396 g/mol. The first kappa shape index (κ1) is 22.7. The number of piperazine rings is 1. The molecule has 1 heterocycles. The molecule has 0 radical (unpaired) electrons. The van der Waals surface area contributed by atoms with Crippen LogP contribution in [0.15, 0.2) is 36.4 Å². The number of ether oxygens (including phenoxy) is 4. The fourth-order valence-electron chi connectivity index (χ4n) is 3.85. The van der Waals surface area contributed by atoms with Gasteiger partial charge in [-0.2, -0.15) is 0 Å². The highest BCUT2D eigenvalue weighted by Gasteiger charge is 2.24. The van der Waals surface area contributed by atoms with Crippen LogP contribution in [0.2, 0.25) is 0 Å². The number of benzene rings is 2. The Labute approximate surface area is 184 Å². The fraction of sp³-hybridized carbons (Fsp3) is 0.458. The third kappa shape index (κ3) is 5.41. The summed E-state index contributed by atoms with van der Waals surface area (Å²) >= 11 is 0. The van der Waals surface area contributed by atoms with E-state index in [1.54, 1.807) is 21.3 Å². The lowest BCUT2D eigenvalue weighted by atomic mass is 10.1. The van der Waals surface area contributed by atoms with E-state index < -0.39 is 0 Å². The molecule has 1 aliphatic heterocycles. The van der Waals surface area contributed by atoms with Gasteiger partial charge in [-0.05, 0) is 24.1 Å². The maximum Gasteiger partial charge on any atom is 0.260 e. The van der Waals surface area contributed by atoms with Gasteiger partial charge < -0.3 is 23.8 Å². The summed E-state index contributed by atoms with van der Waals surface area (Å²) in [6.07, 6.45) is 0.878. The first-order chi connectivity index (χ1) is 15.1.